The van der Waals surface area contributed by atoms with Gasteiger partial charge in [-0.3, -0.25) is 0 Å². The van der Waals surface area contributed by atoms with E-state index in [1.807, 2.05) is 36.0 Å². The minimum atomic E-state index is -2.65. The second-order valence-electron chi connectivity index (χ2n) is 4.87. The van der Waals surface area contributed by atoms with Crippen LogP contribution < -0.4 is 5.73 Å². The van der Waals surface area contributed by atoms with E-state index in [0.717, 1.165) is 10.9 Å². The number of alkyl halides is 2. The van der Waals surface area contributed by atoms with Crippen LogP contribution in [0.2, 0.25) is 0 Å². The number of aromatic nitrogens is 1. The van der Waals surface area contributed by atoms with Crippen molar-refractivity contribution in [3.8, 4) is 0 Å². The summed E-state index contributed by atoms with van der Waals surface area (Å²) in [6.45, 7) is -0.00165. The second-order valence-corrected chi connectivity index (χ2v) is 4.87. The van der Waals surface area contributed by atoms with Gasteiger partial charge in [0.15, 0.2) is 0 Å². The summed E-state index contributed by atoms with van der Waals surface area (Å²) in [6.07, 6.45) is 1.80. The molecule has 17 heavy (non-hydrogen) atoms. The largest absolute Gasteiger partial charge is 0.351 e. The average molecular weight is 236 g/mol. The molecule has 90 valence electrons. The van der Waals surface area contributed by atoms with E-state index in [-0.39, 0.29) is 13.0 Å². The zero-order valence-corrected chi connectivity index (χ0v) is 9.58. The van der Waals surface area contributed by atoms with E-state index in [1.54, 1.807) is 6.07 Å². The van der Waals surface area contributed by atoms with Crippen LogP contribution >= 0.6 is 0 Å². The maximum Gasteiger partial charge on any atom is 0.260 e. The first-order valence-electron chi connectivity index (χ1n) is 5.64. The van der Waals surface area contributed by atoms with Gasteiger partial charge in [-0.25, -0.2) is 8.78 Å². The molecule has 0 radical (unpaired) electrons. The van der Waals surface area contributed by atoms with Gasteiger partial charge in [0.25, 0.3) is 5.92 Å². The van der Waals surface area contributed by atoms with Crippen molar-refractivity contribution < 1.29 is 8.78 Å². The molecule has 0 saturated heterocycles. The van der Waals surface area contributed by atoms with Crippen LogP contribution in [0.1, 0.15) is 12.0 Å². The molecule has 0 aliphatic heterocycles. The van der Waals surface area contributed by atoms with Crippen LogP contribution in [0, 0.1) is 0 Å². The third-order valence-electron chi connectivity index (χ3n) is 3.89. The number of fused-ring (bicyclic) bond motifs is 1. The third-order valence-corrected chi connectivity index (χ3v) is 3.89. The molecule has 2 aromatic rings. The molecule has 2 N–H and O–H groups in total. The van der Waals surface area contributed by atoms with Gasteiger partial charge >= 0.3 is 0 Å². The van der Waals surface area contributed by atoms with E-state index in [1.165, 1.54) is 0 Å². The fourth-order valence-corrected chi connectivity index (χ4v) is 2.57. The van der Waals surface area contributed by atoms with Gasteiger partial charge in [-0.05, 0) is 29.1 Å². The number of hydrogen-bond acceptors (Lipinski definition) is 1. The predicted octanol–water partition coefficient (Wildman–Crippen LogP) is 2.41. The number of nitrogens with two attached hydrogens (primary N) is 1. The van der Waals surface area contributed by atoms with Gasteiger partial charge in [-0.1, -0.05) is 6.07 Å². The highest BCUT2D eigenvalue weighted by Gasteiger charge is 2.71. The summed E-state index contributed by atoms with van der Waals surface area (Å²) in [5, 5.41) is 0.987. The summed E-state index contributed by atoms with van der Waals surface area (Å²) in [7, 11) is 1.94. The zero-order valence-electron chi connectivity index (χ0n) is 9.58. The number of hydrogen-bond donors (Lipinski definition) is 1. The molecular formula is C13H14F2N2. The Morgan fingerprint density at radius 3 is 2.65 bits per heavy atom. The molecule has 0 spiro atoms. The highest BCUT2D eigenvalue weighted by atomic mass is 19.3. The molecule has 1 heterocycles. The molecule has 1 saturated carbocycles. The van der Waals surface area contributed by atoms with Crippen molar-refractivity contribution >= 4 is 10.9 Å². The molecule has 3 rings (SSSR count). The average Bonchev–Trinajstić information content (AvgIpc) is 2.69. The first-order valence-corrected chi connectivity index (χ1v) is 5.64. The fraction of sp³-hybridized carbons (Fsp3) is 0.385. The van der Waals surface area contributed by atoms with E-state index < -0.39 is 11.3 Å². The lowest BCUT2D eigenvalue weighted by Gasteiger charge is -2.14. The lowest BCUT2D eigenvalue weighted by Crippen LogP contribution is -2.26. The molecule has 2 nitrogen and oxygen atoms in total. The van der Waals surface area contributed by atoms with Crippen molar-refractivity contribution in [1.29, 1.82) is 0 Å². The summed E-state index contributed by atoms with van der Waals surface area (Å²) in [5.41, 5.74) is 6.11. The Morgan fingerprint density at radius 1 is 1.35 bits per heavy atom. The lowest BCUT2D eigenvalue weighted by atomic mass is 9.94. The minimum absolute atomic E-state index is 0.00165. The first kappa shape index (κ1) is 10.7. The van der Waals surface area contributed by atoms with E-state index in [0.29, 0.717) is 5.56 Å². The lowest BCUT2D eigenvalue weighted by molar-refractivity contribution is 0.0896. The van der Waals surface area contributed by atoms with Crippen molar-refractivity contribution in [3.63, 3.8) is 0 Å². The number of halogens is 2. The summed E-state index contributed by atoms with van der Waals surface area (Å²) < 4.78 is 28.9. The summed E-state index contributed by atoms with van der Waals surface area (Å²) >= 11 is 0. The summed E-state index contributed by atoms with van der Waals surface area (Å²) in [4.78, 5) is 0. The Morgan fingerprint density at radius 2 is 2.06 bits per heavy atom. The van der Waals surface area contributed by atoms with Gasteiger partial charge in [-0.15, -0.1) is 0 Å². The molecule has 1 aliphatic carbocycles. The SMILES string of the molecule is Cn1ccc2cc(C3(CN)CC3(F)F)ccc21. The Labute approximate surface area is 98.0 Å². The number of nitrogens with zero attached hydrogens (tertiary/aromatic N) is 1. The van der Waals surface area contributed by atoms with Gasteiger partial charge in [0, 0.05) is 31.7 Å². The Hall–Kier alpha value is -1.42. The van der Waals surface area contributed by atoms with Crippen LogP contribution in [0.15, 0.2) is 30.5 Å². The Balaban J connectivity index is 2.13. The van der Waals surface area contributed by atoms with E-state index in [9.17, 15) is 8.78 Å². The fourth-order valence-electron chi connectivity index (χ4n) is 2.57. The van der Waals surface area contributed by atoms with Crippen LogP contribution in [0.4, 0.5) is 8.78 Å². The van der Waals surface area contributed by atoms with Crippen LogP contribution in [0.3, 0.4) is 0 Å². The molecule has 4 heteroatoms. The molecule has 1 aliphatic rings. The van der Waals surface area contributed by atoms with Crippen molar-refractivity contribution in [2.24, 2.45) is 12.8 Å². The Kier molecular flexibility index (Phi) is 1.94. The molecule has 1 fully saturated rings. The van der Waals surface area contributed by atoms with Gasteiger partial charge in [0.1, 0.15) is 0 Å². The standard InChI is InChI=1S/C13H14F2N2/c1-17-5-4-9-6-10(2-3-11(9)17)12(8-16)7-13(12,14)15/h2-6H,7-8,16H2,1H3. The summed E-state index contributed by atoms with van der Waals surface area (Å²) in [6, 6.07) is 7.43. The summed E-state index contributed by atoms with van der Waals surface area (Å²) in [5.74, 6) is -2.65. The topological polar surface area (TPSA) is 30.9 Å². The number of rotatable bonds is 2. The van der Waals surface area contributed by atoms with Crippen LogP contribution in [0.5, 0.6) is 0 Å². The quantitative estimate of drug-likeness (QED) is 0.853. The zero-order chi connectivity index (χ0) is 12.3. The van der Waals surface area contributed by atoms with E-state index in [2.05, 4.69) is 0 Å². The van der Waals surface area contributed by atoms with Crippen LogP contribution in [0.25, 0.3) is 10.9 Å². The van der Waals surface area contributed by atoms with Gasteiger partial charge in [0.05, 0.1) is 5.41 Å². The monoisotopic (exact) mass is 236 g/mol. The smallest absolute Gasteiger partial charge is 0.260 e. The van der Waals surface area contributed by atoms with Crippen molar-refractivity contribution in [1.82, 2.24) is 4.57 Å². The molecule has 1 unspecified atom stereocenters. The maximum absolute atomic E-state index is 13.5. The molecule has 1 atom stereocenters. The molecular weight excluding hydrogens is 222 g/mol. The predicted molar refractivity (Wildman–Crippen MR) is 63.2 cm³/mol. The van der Waals surface area contributed by atoms with Gasteiger partial charge in [-0.2, -0.15) is 0 Å². The van der Waals surface area contributed by atoms with Crippen LogP contribution in [-0.4, -0.2) is 17.0 Å². The maximum atomic E-state index is 13.5. The second kappa shape index (κ2) is 3.07. The highest BCUT2D eigenvalue weighted by molar-refractivity contribution is 5.81. The van der Waals surface area contributed by atoms with Crippen molar-refractivity contribution in [2.75, 3.05) is 6.54 Å². The van der Waals surface area contributed by atoms with Crippen LogP contribution in [-0.2, 0) is 12.5 Å². The van der Waals surface area contributed by atoms with E-state index >= 15 is 0 Å². The van der Waals surface area contributed by atoms with Gasteiger partial charge < -0.3 is 10.3 Å². The number of benzene rings is 1. The van der Waals surface area contributed by atoms with Gasteiger partial charge in [0.2, 0.25) is 0 Å². The Bertz CT molecular complexity index is 588. The van der Waals surface area contributed by atoms with Crippen molar-refractivity contribution in [3.05, 3.63) is 36.0 Å². The molecule has 1 aromatic carbocycles. The van der Waals surface area contributed by atoms with E-state index in [4.69, 9.17) is 5.73 Å². The molecule has 1 aromatic heterocycles. The first-order chi connectivity index (χ1) is 8.00. The molecule has 0 amide bonds. The van der Waals surface area contributed by atoms with Crippen molar-refractivity contribution in [2.45, 2.75) is 17.8 Å². The molecule has 0 bridgehead atoms. The number of aryl methyl sites for hydroxylation is 1. The third kappa shape index (κ3) is 1.27. The normalized spacial score (nSPS) is 26.4. The minimum Gasteiger partial charge on any atom is -0.351 e. The highest BCUT2D eigenvalue weighted by Crippen LogP contribution is 2.61.